The number of alkyl halides is 4. The summed E-state index contributed by atoms with van der Waals surface area (Å²) in [7, 11) is 0. The predicted octanol–water partition coefficient (Wildman–Crippen LogP) is 5.58. The second kappa shape index (κ2) is 10.8. The monoisotopic (exact) mass is 605 g/mol. The molecule has 0 spiro atoms. The Morgan fingerprint density at radius 1 is 1.12 bits per heavy atom. The summed E-state index contributed by atoms with van der Waals surface area (Å²) in [5, 5.41) is 17.4. The number of carbonyl (C=O) groups is 2. The molecule has 1 aromatic carbocycles. The largest absolute Gasteiger partial charge is 0.407 e. The van der Waals surface area contributed by atoms with Crippen molar-refractivity contribution in [2.75, 3.05) is 0 Å². The van der Waals surface area contributed by atoms with Gasteiger partial charge in [-0.15, -0.1) is 0 Å². The van der Waals surface area contributed by atoms with Gasteiger partial charge in [-0.3, -0.25) is 19.9 Å². The van der Waals surface area contributed by atoms with Gasteiger partial charge in [0.25, 0.3) is 0 Å². The molecule has 2 aromatic rings. The minimum absolute atomic E-state index is 0.0336. The number of carbonyl (C=O) groups excluding carboxylic acids is 2. The maximum absolute atomic E-state index is 14.6. The van der Waals surface area contributed by atoms with Crippen molar-refractivity contribution in [3.63, 3.8) is 0 Å². The fourth-order valence-electron chi connectivity index (χ4n) is 5.07. The molecule has 3 saturated carbocycles. The van der Waals surface area contributed by atoms with E-state index in [-0.39, 0.29) is 22.5 Å². The van der Waals surface area contributed by atoms with E-state index in [0.717, 1.165) is 12.8 Å². The van der Waals surface area contributed by atoms with Crippen LogP contribution in [-0.4, -0.2) is 46.3 Å². The SMILES string of the molecule is CC(C)(F)C[C@H](N[C@@H](c1ccc(-c2ncc(C3(C(=O)NC4CC4)CC3)cc2Cl)cc1)C(F)(F)F)C(=O)NC1(C#N)CC1. The maximum atomic E-state index is 14.6. The molecule has 0 radical (unpaired) electrons. The Bertz CT molecular complexity index is 1400. The zero-order chi connectivity index (χ0) is 30.5. The molecule has 3 aliphatic carbocycles. The first-order valence-electron chi connectivity index (χ1n) is 14.0. The fraction of sp³-hybridized carbons (Fsp3) is 0.533. The number of nitrogens with zero attached hydrogens (tertiary/aromatic N) is 2. The number of nitriles is 1. The van der Waals surface area contributed by atoms with Crippen LogP contribution in [0.2, 0.25) is 5.02 Å². The average molecular weight is 606 g/mol. The molecule has 12 heteroatoms. The number of rotatable bonds is 11. The lowest BCUT2D eigenvalue weighted by Crippen LogP contribution is -2.53. The second-order valence-electron chi connectivity index (χ2n) is 12.3. The van der Waals surface area contributed by atoms with Gasteiger partial charge >= 0.3 is 6.18 Å². The highest BCUT2D eigenvalue weighted by atomic mass is 35.5. The van der Waals surface area contributed by atoms with E-state index in [4.69, 9.17) is 11.6 Å². The molecule has 0 bridgehead atoms. The Morgan fingerprint density at radius 2 is 1.76 bits per heavy atom. The summed E-state index contributed by atoms with van der Waals surface area (Å²) in [6.45, 7) is 2.35. The highest BCUT2D eigenvalue weighted by molar-refractivity contribution is 6.33. The summed E-state index contributed by atoms with van der Waals surface area (Å²) in [5.74, 6) is -0.894. The average Bonchev–Trinajstić information content (AvgIpc) is 3.77. The molecule has 0 saturated heterocycles. The molecule has 1 heterocycles. The summed E-state index contributed by atoms with van der Waals surface area (Å²) >= 11 is 6.54. The number of pyridine rings is 1. The third kappa shape index (κ3) is 6.70. The Kier molecular flexibility index (Phi) is 7.77. The Hall–Kier alpha value is -3.23. The maximum Gasteiger partial charge on any atom is 0.407 e. The molecule has 0 unspecified atom stereocenters. The van der Waals surface area contributed by atoms with Crippen LogP contribution in [-0.2, 0) is 15.0 Å². The number of nitrogens with one attached hydrogen (secondary N) is 3. The van der Waals surface area contributed by atoms with Crippen LogP contribution in [0.3, 0.4) is 0 Å². The lowest BCUT2D eigenvalue weighted by molar-refractivity contribution is -0.161. The first kappa shape index (κ1) is 30.2. The third-order valence-corrected chi connectivity index (χ3v) is 8.32. The van der Waals surface area contributed by atoms with Crippen molar-refractivity contribution in [2.24, 2.45) is 0 Å². The molecular formula is C30H32ClF4N5O2. The van der Waals surface area contributed by atoms with Gasteiger partial charge in [0, 0.05) is 24.2 Å². The van der Waals surface area contributed by atoms with Crippen LogP contribution < -0.4 is 16.0 Å². The van der Waals surface area contributed by atoms with Gasteiger partial charge in [0.2, 0.25) is 11.8 Å². The molecule has 0 aliphatic heterocycles. The van der Waals surface area contributed by atoms with E-state index in [0.29, 0.717) is 42.5 Å². The van der Waals surface area contributed by atoms with Crippen LogP contribution in [0.1, 0.15) is 76.0 Å². The first-order chi connectivity index (χ1) is 19.6. The van der Waals surface area contributed by atoms with E-state index in [2.05, 4.69) is 20.9 Å². The number of aromatic nitrogens is 1. The molecule has 42 heavy (non-hydrogen) atoms. The number of amides is 2. The van der Waals surface area contributed by atoms with Crippen LogP contribution in [0, 0.1) is 11.3 Å². The summed E-state index contributed by atoms with van der Waals surface area (Å²) in [6, 6.07) is 5.45. The van der Waals surface area contributed by atoms with Gasteiger partial charge < -0.3 is 10.6 Å². The lowest BCUT2D eigenvalue weighted by Gasteiger charge is -2.30. The van der Waals surface area contributed by atoms with Crippen LogP contribution in [0.4, 0.5) is 17.6 Å². The highest BCUT2D eigenvalue weighted by Crippen LogP contribution is 2.50. The minimum atomic E-state index is -4.82. The van der Waals surface area contributed by atoms with E-state index >= 15 is 0 Å². The van der Waals surface area contributed by atoms with E-state index in [1.807, 2.05) is 6.07 Å². The van der Waals surface area contributed by atoms with Crippen molar-refractivity contribution in [3.05, 3.63) is 52.7 Å². The van der Waals surface area contributed by atoms with Crippen molar-refractivity contribution < 1.29 is 27.2 Å². The predicted molar refractivity (Wildman–Crippen MR) is 148 cm³/mol. The second-order valence-corrected chi connectivity index (χ2v) is 12.7. The van der Waals surface area contributed by atoms with E-state index in [9.17, 15) is 32.4 Å². The quantitative estimate of drug-likeness (QED) is 0.290. The number of hydrogen-bond acceptors (Lipinski definition) is 5. The molecular weight excluding hydrogens is 574 g/mol. The molecule has 2 amide bonds. The van der Waals surface area contributed by atoms with E-state index in [1.165, 1.54) is 38.1 Å². The number of benzene rings is 1. The van der Waals surface area contributed by atoms with Gasteiger partial charge in [0.1, 0.15) is 17.2 Å². The van der Waals surface area contributed by atoms with Crippen LogP contribution in [0.5, 0.6) is 0 Å². The van der Waals surface area contributed by atoms with Crippen LogP contribution in [0.15, 0.2) is 36.5 Å². The number of halogens is 5. The summed E-state index contributed by atoms with van der Waals surface area (Å²) in [6.07, 6.45) is 0.355. The van der Waals surface area contributed by atoms with Gasteiger partial charge in [-0.2, -0.15) is 18.4 Å². The third-order valence-electron chi connectivity index (χ3n) is 8.04. The summed E-state index contributed by atoms with van der Waals surface area (Å²) in [5.41, 5.74) is -2.38. The van der Waals surface area contributed by atoms with Gasteiger partial charge in [-0.1, -0.05) is 35.9 Å². The molecule has 3 fully saturated rings. The van der Waals surface area contributed by atoms with Crippen molar-refractivity contribution >= 4 is 23.4 Å². The molecule has 224 valence electrons. The normalized spacial score (nSPS) is 20.1. The van der Waals surface area contributed by atoms with Crippen LogP contribution >= 0.6 is 11.6 Å². The molecule has 5 rings (SSSR count). The van der Waals surface area contributed by atoms with Gasteiger partial charge in [0.05, 0.1) is 28.2 Å². The van der Waals surface area contributed by atoms with Gasteiger partial charge in [0.15, 0.2) is 0 Å². The molecule has 2 atom stereocenters. The number of hydrogen-bond donors (Lipinski definition) is 3. The van der Waals surface area contributed by atoms with Crippen LogP contribution in [0.25, 0.3) is 11.3 Å². The van der Waals surface area contributed by atoms with Crippen molar-refractivity contribution in [2.45, 2.75) is 99.7 Å². The summed E-state index contributed by atoms with van der Waals surface area (Å²) in [4.78, 5) is 30.1. The topological polar surface area (TPSA) is 107 Å². The van der Waals surface area contributed by atoms with Gasteiger partial charge in [-0.25, -0.2) is 4.39 Å². The Morgan fingerprint density at radius 3 is 2.24 bits per heavy atom. The zero-order valence-electron chi connectivity index (χ0n) is 23.2. The Balaban J connectivity index is 1.35. The summed E-state index contributed by atoms with van der Waals surface area (Å²) < 4.78 is 57.4. The molecule has 7 nitrogen and oxygen atoms in total. The van der Waals surface area contributed by atoms with Gasteiger partial charge in [-0.05, 0) is 69.6 Å². The van der Waals surface area contributed by atoms with E-state index < -0.39 is 47.2 Å². The molecule has 3 N–H and O–H groups in total. The van der Waals surface area contributed by atoms with Crippen molar-refractivity contribution in [1.82, 2.24) is 20.9 Å². The minimum Gasteiger partial charge on any atom is -0.353 e. The standard InChI is InChI=1S/C30H32ClF4N5O2/c1-27(2,32)14-22(25(41)40-28(16-36)9-10-28)39-24(30(33,34)35)18-5-3-17(4-6-18)23-21(31)13-19(15-37-23)29(11-12-29)26(42)38-20-7-8-20/h3-6,13,15,20,22,24,39H,7-12,14H2,1-2H3,(H,38,42)(H,40,41)/t22-,24-/m0/s1. The fourth-order valence-corrected chi connectivity index (χ4v) is 5.35. The Labute approximate surface area is 246 Å². The lowest BCUT2D eigenvalue weighted by atomic mass is 9.95. The molecule has 1 aromatic heterocycles. The molecule has 3 aliphatic rings. The van der Waals surface area contributed by atoms with Crippen molar-refractivity contribution in [3.8, 4) is 17.3 Å². The van der Waals surface area contributed by atoms with Crippen molar-refractivity contribution in [1.29, 1.82) is 5.26 Å². The first-order valence-corrected chi connectivity index (χ1v) is 14.3. The zero-order valence-corrected chi connectivity index (χ0v) is 24.0. The van der Waals surface area contributed by atoms with E-state index in [1.54, 1.807) is 12.3 Å². The highest BCUT2D eigenvalue weighted by Gasteiger charge is 2.53. The smallest absolute Gasteiger partial charge is 0.353 e.